The summed E-state index contributed by atoms with van der Waals surface area (Å²) in [4.78, 5) is 18.9. The number of nitrogens with one attached hydrogen (secondary N) is 1. The number of fused-ring (bicyclic) bond motifs is 3. The molecule has 0 saturated carbocycles. The molecule has 0 unspecified atom stereocenters. The number of H-pyrrole nitrogens is 1. The van der Waals surface area contributed by atoms with Gasteiger partial charge in [0.2, 0.25) is 0 Å². The summed E-state index contributed by atoms with van der Waals surface area (Å²) in [5.74, 6) is 0. The smallest absolute Gasteiger partial charge is 0.270 e. The van der Waals surface area contributed by atoms with Crippen LogP contribution in [0.5, 0.6) is 0 Å². The molecule has 0 amide bonds. The lowest BCUT2D eigenvalue weighted by Gasteiger charge is -2.12. The number of hydrogen-bond acceptors (Lipinski definition) is 4. The molecule has 140 valence electrons. The van der Waals surface area contributed by atoms with Gasteiger partial charge in [0.25, 0.3) is 5.69 Å². The van der Waals surface area contributed by atoms with E-state index in [1.54, 1.807) is 12.1 Å². The highest BCUT2D eigenvalue weighted by Crippen LogP contribution is 2.41. The largest absolute Gasteiger partial charge is 0.399 e. The van der Waals surface area contributed by atoms with Crippen molar-refractivity contribution in [2.75, 3.05) is 5.73 Å². The normalized spacial score (nSPS) is 11.2. The number of aromatic nitrogens is 2. The molecule has 0 bridgehead atoms. The molecule has 29 heavy (non-hydrogen) atoms. The van der Waals surface area contributed by atoms with Gasteiger partial charge in [-0.1, -0.05) is 42.5 Å². The lowest BCUT2D eigenvalue weighted by Crippen LogP contribution is -1.91. The molecule has 0 fully saturated rings. The van der Waals surface area contributed by atoms with Crippen molar-refractivity contribution in [1.29, 1.82) is 0 Å². The highest BCUT2D eigenvalue weighted by Gasteiger charge is 2.19. The van der Waals surface area contributed by atoms with Crippen LogP contribution < -0.4 is 5.73 Å². The van der Waals surface area contributed by atoms with E-state index in [4.69, 9.17) is 5.73 Å². The van der Waals surface area contributed by atoms with E-state index in [2.05, 4.69) is 9.97 Å². The number of anilines is 1. The monoisotopic (exact) mass is 380 g/mol. The van der Waals surface area contributed by atoms with Gasteiger partial charge in [0, 0.05) is 51.4 Å². The molecule has 2 aromatic heterocycles. The van der Waals surface area contributed by atoms with Crippen molar-refractivity contribution in [1.82, 2.24) is 9.97 Å². The van der Waals surface area contributed by atoms with E-state index in [0.29, 0.717) is 11.3 Å². The number of nitro benzene ring substituents is 1. The number of nitrogens with zero attached hydrogens (tertiary/aromatic N) is 2. The summed E-state index contributed by atoms with van der Waals surface area (Å²) in [7, 11) is 0. The van der Waals surface area contributed by atoms with Gasteiger partial charge in [-0.2, -0.15) is 0 Å². The van der Waals surface area contributed by atoms with Crippen molar-refractivity contribution in [3.05, 3.63) is 89.1 Å². The first kappa shape index (κ1) is 16.9. The van der Waals surface area contributed by atoms with E-state index in [9.17, 15) is 10.1 Å². The third kappa shape index (κ3) is 2.78. The van der Waals surface area contributed by atoms with Gasteiger partial charge in [0.05, 0.1) is 4.92 Å². The zero-order chi connectivity index (χ0) is 20.0. The van der Waals surface area contributed by atoms with Gasteiger partial charge in [-0.25, -0.2) is 4.98 Å². The fourth-order valence-corrected chi connectivity index (χ4v) is 3.74. The van der Waals surface area contributed by atoms with Crippen LogP contribution in [0.4, 0.5) is 11.4 Å². The molecular formula is C23H16N4O2. The first-order valence-electron chi connectivity index (χ1n) is 9.12. The summed E-state index contributed by atoms with van der Waals surface area (Å²) in [6, 6.07) is 22.5. The Hall–Kier alpha value is -4.19. The number of aromatic amines is 1. The maximum Gasteiger partial charge on any atom is 0.270 e. The second kappa shape index (κ2) is 6.45. The molecular weight excluding hydrogens is 364 g/mol. The number of non-ortho nitro benzene ring substituents is 1. The average molecular weight is 380 g/mol. The summed E-state index contributed by atoms with van der Waals surface area (Å²) in [6.45, 7) is 0. The summed E-state index contributed by atoms with van der Waals surface area (Å²) < 4.78 is 0. The highest BCUT2D eigenvalue weighted by molar-refractivity contribution is 6.16. The van der Waals surface area contributed by atoms with Crippen molar-refractivity contribution < 1.29 is 4.92 Å². The SMILES string of the molecule is Nc1ccc(-c2cnc3[nH]c4ccc([N+](=O)[O-])cc4c3c2-c2ccccc2)cc1. The van der Waals surface area contributed by atoms with Crippen LogP contribution in [0, 0.1) is 10.1 Å². The number of benzene rings is 3. The van der Waals surface area contributed by atoms with Crippen LogP contribution >= 0.6 is 0 Å². The second-order valence-electron chi connectivity index (χ2n) is 6.87. The Morgan fingerprint density at radius 2 is 1.69 bits per heavy atom. The number of rotatable bonds is 3. The van der Waals surface area contributed by atoms with Gasteiger partial charge >= 0.3 is 0 Å². The fourth-order valence-electron chi connectivity index (χ4n) is 3.74. The first-order valence-corrected chi connectivity index (χ1v) is 9.12. The molecule has 0 aliphatic rings. The van der Waals surface area contributed by atoms with Crippen molar-refractivity contribution in [2.45, 2.75) is 0 Å². The van der Waals surface area contributed by atoms with Crippen LogP contribution in [0.2, 0.25) is 0 Å². The minimum Gasteiger partial charge on any atom is -0.399 e. The third-order valence-electron chi connectivity index (χ3n) is 5.10. The molecule has 0 spiro atoms. The standard InChI is InChI=1S/C23H16N4O2/c24-16-8-6-14(7-9-16)19-13-25-23-22(21(19)15-4-2-1-3-5-15)18-12-17(27(28)29)10-11-20(18)26-23/h1-13H,24H2,(H,25,26). The molecule has 0 atom stereocenters. The lowest BCUT2D eigenvalue weighted by atomic mass is 9.92. The summed E-state index contributed by atoms with van der Waals surface area (Å²) in [5.41, 5.74) is 12.0. The van der Waals surface area contributed by atoms with E-state index >= 15 is 0 Å². The molecule has 6 heteroatoms. The minimum atomic E-state index is -0.377. The average Bonchev–Trinajstić information content (AvgIpc) is 3.12. The Kier molecular flexibility index (Phi) is 3.77. The zero-order valence-corrected chi connectivity index (χ0v) is 15.3. The summed E-state index contributed by atoms with van der Waals surface area (Å²) in [5, 5.41) is 13.0. The Morgan fingerprint density at radius 3 is 2.41 bits per heavy atom. The van der Waals surface area contributed by atoms with Crippen molar-refractivity contribution >= 4 is 33.3 Å². The van der Waals surface area contributed by atoms with E-state index in [1.807, 2.05) is 60.8 Å². The molecule has 5 aromatic rings. The molecule has 2 heterocycles. The third-order valence-corrected chi connectivity index (χ3v) is 5.10. The molecule has 3 N–H and O–H groups in total. The van der Waals surface area contributed by atoms with Gasteiger partial charge < -0.3 is 10.7 Å². The van der Waals surface area contributed by atoms with Crippen LogP contribution in [0.1, 0.15) is 0 Å². The van der Waals surface area contributed by atoms with Gasteiger partial charge in [0.1, 0.15) is 5.65 Å². The fraction of sp³-hybridized carbons (Fsp3) is 0. The second-order valence-corrected chi connectivity index (χ2v) is 6.87. The molecule has 0 saturated heterocycles. The van der Waals surface area contributed by atoms with Crippen LogP contribution in [-0.4, -0.2) is 14.9 Å². The number of pyridine rings is 1. The topological polar surface area (TPSA) is 97.8 Å². The molecule has 0 radical (unpaired) electrons. The maximum absolute atomic E-state index is 11.3. The van der Waals surface area contributed by atoms with Gasteiger partial charge in [-0.3, -0.25) is 10.1 Å². The zero-order valence-electron chi connectivity index (χ0n) is 15.3. The van der Waals surface area contributed by atoms with Crippen molar-refractivity contribution in [2.24, 2.45) is 0 Å². The quantitative estimate of drug-likeness (QED) is 0.244. The van der Waals surface area contributed by atoms with Crippen LogP contribution in [0.15, 0.2) is 79.0 Å². The van der Waals surface area contributed by atoms with Gasteiger partial charge in [-0.15, -0.1) is 0 Å². The van der Waals surface area contributed by atoms with Gasteiger partial charge in [0.15, 0.2) is 0 Å². The van der Waals surface area contributed by atoms with Crippen molar-refractivity contribution in [3.8, 4) is 22.3 Å². The van der Waals surface area contributed by atoms with Crippen LogP contribution in [0.3, 0.4) is 0 Å². The number of nitro groups is 1. The Morgan fingerprint density at radius 1 is 0.931 bits per heavy atom. The Bertz CT molecular complexity index is 1370. The molecule has 5 rings (SSSR count). The van der Waals surface area contributed by atoms with E-state index in [1.165, 1.54) is 6.07 Å². The van der Waals surface area contributed by atoms with E-state index in [0.717, 1.165) is 38.5 Å². The number of nitrogens with two attached hydrogens (primary N) is 1. The molecule has 6 nitrogen and oxygen atoms in total. The molecule has 0 aliphatic carbocycles. The van der Waals surface area contributed by atoms with E-state index < -0.39 is 0 Å². The van der Waals surface area contributed by atoms with Crippen LogP contribution in [-0.2, 0) is 0 Å². The Balaban J connectivity index is 1.93. The summed E-state index contributed by atoms with van der Waals surface area (Å²) >= 11 is 0. The predicted octanol–water partition coefficient (Wildman–Crippen LogP) is 5.54. The minimum absolute atomic E-state index is 0.0512. The first-order chi connectivity index (χ1) is 14.1. The number of hydrogen-bond donors (Lipinski definition) is 2. The predicted molar refractivity (Wildman–Crippen MR) is 116 cm³/mol. The van der Waals surface area contributed by atoms with Crippen LogP contribution in [0.25, 0.3) is 44.2 Å². The molecule has 3 aromatic carbocycles. The number of nitrogen functional groups attached to an aromatic ring is 1. The molecule has 0 aliphatic heterocycles. The van der Waals surface area contributed by atoms with Crippen molar-refractivity contribution in [3.63, 3.8) is 0 Å². The lowest BCUT2D eigenvalue weighted by molar-refractivity contribution is -0.384. The highest BCUT2D eigenvalue weighted by atomic mass is 16.6. The Labute approximate surface area is 165 Å². The van der Waals surface area contributed by atoms with Gasteiger partial charge in [-0.05, 0) is 29.3 Å². The van der Waals surface area contributed by atoms with E-state index in [-0.39, 0.29) is 10.6 Å². The summed E-state index contributed by atoms with van der Waals surface area (Å²) in [6.07, 6.45) is 1.83. The maximum atomic E-state index is 11.3.